The number of piperidine rings is 1. The summed E-state index contributed by atoms with van der Waals surface area (Å²) in [5.74, 6) is 0.0999. The summed E-state index contributed by atoms with van der Waals surface area (Å²) in [4.78, 5) is 44.2. The molecule has 3 aromatic heterocycles. The highest BCUT2D eigenvalue weighted by molar-refractivity contribution is 6.31. The molecule has 0 saturated carbocycles. The first-order valence-electron chi connectivity index (χ1n) is 16.3. The van der Waals surface area contributed by atoms with Crippen molar-refractivity contribution in [1.82, 2.24) is 24.4 Å². The van der Waals surface area contributed by atoms with Gasteiger partial charge in [-0.25, -0.2) is 14.8 Å². The highest BCUT2D eigenvalue weighted by atomic mass is 35.5. The maximum Gasteiger partial charge on any atom is 0.326 e. The van der Waals surface area contributed by atoms with Gasteiger partial charge in [-0.15, -0.1) is 0 Å². The summed E-state index contributed by atoms with van der Waals surface area (Å²) in [5.41, 5.74) is 3.04. The zero-order valence-electron chi connectivity index (χ0n) is 26.3. The second kappa shape index (κ2) is 12.4. The van der Waals surface area contributed by atoms with Crippen LogP contribution in [0.4, 0.5) is 5.82 Å². The molecule has 9 rings (SSSR count). The Balaban J connectivity index is 1.23. The number of nitrogens with zero attached hydrogens (tertiary/aromatic N) is 6. The number of carboxylic acid groups (broad SMARTS) is 1. The molecule has 5 aromatic rings. The van der Waals surface area contributed by atoms with E-state index in [4.69, 9.17) is 52.0 Å². The summed E-state index contributed by atoms with van der Waals surface area (Å²) in [5, 5.41) is 12.3. The number of anilines is 1. The van der Waals surface area contributed by atoms with Crippen molar-refractivity contribution in [2.45, 2.75) is 57.2 Å². The van der Waals surface area contributed by atoms with Gasteiger partial charge in [-0.3, -0.25) is 9.36 Å². The van der Waals surface area contributed by atoms with Gasteiger partial charge in [0.25, 0.3) is 6.01 Å². The number of ether oxygens (including phenoxy) is 2. The standard InChI is InChI=1S/C34H34Cl2N6O6/c1-18-16-40-10-8-24(18)42-25-7-5-19(35)13-23(25)37-34(42)47-21-15-26(33(44)45)41(17-21)32-31-30(22-6-4-20(36)14-27(22)48-31)38-28(39-32)9-12-46-11-2-3-29(40)43/h4-7,13-14,18,21,24,26H,2-3,8-12,15-17H2,1H3,(H,44,45)/t18-,21-,24-,26-/m0/s1. The van der Waals surface area contributed by atoms with E-state index in [2.05, 4.69) is 11.5 Å². The average Bonchev–Trinajstić information content (AvgIpc) is 3.74. The van der Waals surface area contributed by atoms with E-state index >= 15 is 0 Å². The van der Waals surface area contributed by atoms with E-state index in [1.807, 2.05) is 23.1 Å². The Morgan fingerprint density at radius 2 is 1.85 bits per heavy atom. The van der Waals surface area contributed by atoms with E-state index in [0.29, 0.717) is 95.5 Å². The zero-order valence-corrected chi connectivity index (χ0v) is 27.8. The highest BCUT2D eigenvalue weighted by Crippen LogP contribution is 2.40. The molecule has 6 bridgehead atoms. The average molecular weight is 694 g/mol. The van der Waals surface area contributed by atoms with E-state index in [1.54, 1.807) is 23.1 Å². The first-order valence-corrected chi connectivity index (χ1v) is 17.1. The Kier molecular flexibility index (Phi) is 8.05. The van der Waals surface area contributed by atoms with Gasteiger partial charge in [-0.05, 0) is 49.1 Å². The molecule has 4 atom stereocenters. The maximum absolute atomic E-state index is 13.2. The van der Waals surface area contributed by atoms with Crippen LogP contribution in [0.15, 0.2) is 40.8 Å². The van der Waals surface area contributed by atoms with Gasteiger partial charge in [-0.1, -0.05) is 30.1 Å². The number of hydrogen-bond acceptors (Lipinski definition) is 9. The Morgan fingerprint density at radius 3 is 2.69 bits per heavy atom. The molecule has 250 valence electrons. The third-order valence-electron chi connectivity index (χ3n) is 9.71. The van der Waals surface area contributed by atoms with Gasteiger partial charge in [0.15, 0.2) is 11.4 Å². The summed E-state index contributed by atoms with van der Waals surface area (Å²) < 4.78 is 21.0. The second-order valence-corrected chi connectivity index (χ2v) is 13.8. The molecule has 7 heterocycles. The number of carboxylic acids is 1. The first-order chi connectivity index (χ1) is 23.2. The molecule has 1 amide bonds. The van der Waals surface area contributed by atoms with Crippen LogP contribution in [0.2, 0.25) is 10.0 Å². The Labute approximate surface area is 285 Å². The molecular weight excluding hydrogens is 659 g/mol. The predicted octanol–water partition coefficient (Wildman–Crippen LogP) is 5.91. The number of aliphatic carboxylic acids is 1. The number of aromatic nitrogens is 4. The number of halogens is 2. The second-order valence-electron chi connectivity index (χ2n) is 12.9. The molecule has 48 heavy (non-hydrogen) atoms. The van der Waals surface area contributed by atoms with Crippen molar-refractivity contribution in [3.8, 4) is 6.01 Å². The number of fused-ring (bicyclic) bond motifs is 12. The Hall–Kier alpha value is -4.13. The molecule has 2 aromatic carbocycles. The van der Waals surface area contributed by atoms with Crippen LogP contribution in [0.1, 0.15) is 44.5 Å². The SMILES string of the molecule is C[C@H]1CN2CC[C@@H]1n1c(nc3cc(Cl)ccc31)O[C@H]1C[C@@H](C(=O)O)N(C1)c1nc(nc3c1oc1cc(Cl)ccc13)CCOCCCC2=O. The molecule has 14 heteroatoms. The largest absolute Gasteiger partial charge is 0.480 e. The van der Waals surface area contributed by atoms with Gasteiger partial charge in [-0.2, -0.15) is 4.98 Å². The van der Waals surface area contributed by atoms with Crippen LogP contribution in [-0.4, -0.2) is 86.4 Å². The van der Waals surface area contributed by atoms with E-state index in [9.17, 15) is 14.7 Å². The molecule has 2 fully saturated rings. The number of carbonyl (C=O) groups is 2. The minimum Gasteiger partial charge on any atom is -0.480 e. The third kappa shape index (κ3) is 5.59. The molecule has 1 N–H and O–H groups in total. The quantitative estimate of drug-likeness (QED) is 0.226. The van der Waals surface area contributed by atoms with E-state index in [0.717, 1.165) is 17.3 Å². The lowest BCUT2D eigenvalue weighted by molar-refractivity contribution is -0.138. The van der Waals surface area contributed by atoms with Crippen LogP contribution in [0.5, 0.6) is 6.01 Å². The molecule has 0 unspecified atom stereocenters. The van der Waals surface area contributed by atoms with Gasteiger partial charge in [0.05, 0.1) is 24.2 Å². The number of benzene rings is 2. The fourth-order valence-electron chi connectivity index (χ4n) is 7.40. The molecular formula is C34H34Cl2N6O6. The van der Waals surface area contributed by atoms with Gasteiger partial charge >= 0.3 is 5.97 Å². The van der Waals surface area contributed by atoms with Gasteiger partial charge in [0, 0.05) is 66.5 Å². The fraction of sp³-hybridized carbons (Fsp3) is 0.441. The van der Waals surface area contributed by atoms with Crippen LogP contribution in [-0.2, 0) is 20.7 Å². The number of amides is 1. The smallest absolute Gasteiger partial charge is 0.326 e. The minimum atomic E-state index is -0.999. The van der Waals surface area contributed by atoms with E-state index < -0.39 is 18.1 Å². The monoisotopic (exact) mass is 692 g/mol. The summed E-state index contributed by atoms with van der Waals surface area (Å²) >= 11 is 12.7. The van der Waals surface area contributed by atoms with Crippen LogP contribution in [0.3, 0.4) is 0 Å². The summed E-state index contributed by atoms with van der Waals surface area (Å²) in [6.45, 7) is 4.37. The predicted molar refractivity (Wildman–Crippen MR) is 180 cm³/mol. The van der Waals surface area contributed by atoms with Crippen LogP contribution < -0.4 is 9.64 Å². The number of furan rings is 1. The van der Waals surface area contributed by atoms with Crippen LogP contribution in [0.25, 0.3) is 33.1 Å². The van der Waals surface area contributed by atoms with Crippen LogP contribution >= 0.6 is 23.2 Å². The van der Waals surface area contributed by atoms with Crippen molar-refractivity contribution in [1.29, 1.82) is 0 Å². The molecule has 4 aliphatic rings. The number of hydrogen-bond donors (Lipinski definition) is 1. The van der Waals surface area contributed by atoms with Crippen molar-refractivity contribution < 1.29 is 28.6 Å². The number of rotatable bonds is 1. The molecule has 2 saturated heterocycles. The summed E-state index contributed by atoms with van der Waals surface area (Å²) in [7, 11) is 0. The lowest BCUT2D eigenvalue weighted by Gasteiger charge is -2.38. The molecule has 4 aliphatic heterocycles. The van der Waals surface area contributed by atoms with Crippen molar-refractivity contribution in [3.05, 3.63) is 52.3 Å². The summed E-state index contributed by atoms with van der Waals surface area (Å²) in [6.07, 6.45) is 1.78. The maximum atomic E-state index is 13.2. The summed E-state index contributed by atoms with van der Waals surface area (Å²) in [6, 6.07) is 10.4. The van der Waals surface area contributed by atoms with Gasteiger partial charge in [0.1, 0.15) is 29.1 Å². The molecule has 12 nitrogen and oxygen atoms in total. The van der Waals surface area contributed by atoms with Crippen LogP contribution in [0, 0.1) is 5.92 Å². The number of carbonyl (C=O) groups excluding carboxylic acids is 1. The number of imidazole rings is 1. The van der Waals surface area contributed by atoms with Crippen molar-refractivity contribution in [3.63, 3.8) is 0 Å². The van der Waals surface area contributed by atoms with Gasteiger partial charge in [0.2, 0.25) is 5.91 Å². The molecule has 0 radical (unpaired) electrons. The highest BCUT2D eigenvalue weighted by Gasteiger charge is 2.42. The van der Waals surface area contributed by atoms with E-state index in [-0.39, 0.29) is 30.8 Å². The first kappa shape index (κ1) is 31.2. The molecule has 0 spiro atoms. The third-order valence-corrected chi connectivity index (χ3v) is 10.2. The molecule has 0 aliphatic carbocycles. The van der Waals surface area contributed by atoms with Crippen molar-refractivity contribution >= 4 is 74.0 Å². The fourth-order valence-corrected chi connectivity index (χ4v) is 7.73. The topological polar surface area (TPSA) is 136 Å². The van der Waals surface area contributed by atoms with E-state index in [1.165, 1.54) is 0 Å². The van der Waals surface area contributed by atoms with Gasteiger partial charge < -0.3 is 28.8 Å². The normalized spacial score (nSPS) is 23.9. The lowest BCUT2D eigenvalue weighted by Crippen LogP contribution is -2.43. The Morgan fingerprint density at radius 1 is 1.02 bits per heavy atom. The van der Waals surface area contributed by atoms with Crippen molar-refractivity contribution in [2.24, 2.45) is 5.92 Å². The zero-order chi connectivity index (χ0) is 33.1. The lowest BCUT2D eigenvalue weighted by atomic mass is 9.93. The van der Waals surface area contributed by atoms with Crippen molar-refractivity contribution in [2.75, 3.05) is 37.7 Å². The minimum absolute atomic E-state index is 0.00310. The Bertz CT molecular complexity index is 2060.